The van der Waals surface area contributed by atoms with Crippen molar-refractivity contribution in [1.82, 2.24) is 10.0 Å². The van der Waals surface area contributed by atoms with E-state index in [9.17, 15) is 18.0 Å². The zero-order chi connectivity index (χ0) is 20.0. The summed E-state index contributed by atoms with van der Waals surface area (Å²) in [5, 5.41) is 5.51. The van der Waals surface area contributed by atoms with Crippen LogP contribution < -0.4 is 15.4 Å². The van der Waals surface area contributed by atoms with E-state index in [2.05, 4.69) is 15.4 Å². The molecule has 3 N–H and O–H groups in total. The fraction of sp³-hybridized carbons (Fsp3) is 0.300. The number of nitrogens with one attached hydrogen (secondary N) is 3. The van der Waals surface area contributed by atoms with Crippen LogP contribution in [-0.4, -0.2) is 33.3 Å². The molecule has 1 heterocycles. The monoisotopic (exact) mass is 401 g/mol. The highest BCUT2D eigenvalue weighted by atomic mass is 32.2. The molecule has 7 nitrogen and oxygen atoms in total. The van der Waals surface area contributed by atoms with Gasteiger partial charge in [-0.1, -0.05) is 30.3 Å². The lowest BCUT2D eigenvalue weighted by molar-refractivity contribution is -0.121. The highest BCUT2D eigenvalue weighted by molar-refractivity contribution is 7.89. The highest BCUT2D eigenvalue weighted by Crippen LogP contribution is 2.25. The van der Waals surface area contributed by atoms with Gasteiger partial charge in [0, 0.05) is 31.6 Å². The number of sulfonamides is 1. The molecule has 8 heteroatoms. The number of fused-ring (bicyclic) bond motifs is 1. The molecule has 3 rings (SSSR count). The molecule has 28 heavy (non-hydrogen) atoms. The molecular weight excluding hydrogens is 378 g/mol. The molecule has 0 spiro atoms. The number of hydrogen-bond donors (Lipinski definition) is 3. The third-order valence-electron chi connectivity index (χ3n) is 4.51. The van der Waals surface area contributed by atoms with Gasteiger partial charge in [0.25, 0.3) is 0 Å². The average molecular weight is 401 g/mol. The Morgan fingerprint density at radius 3 is 2.61 bits per heavy atom. The molecule has 1 aliphatic heterocycles. The van der Waals surface area contributed by atoms with Gasteiger partial charge in [0.1, 0.15) is 0 Å². The van der Waals surface area contributed by atoms with Crippen molar-refractivity contribution in [2.45, 2.75) is 30.6 Å². The number of hydrogen-bond acceptors (Lipinski definition) is 4. The standard InChI is InChI=1S/C20H23N3O4S/c24-19(21-12-10-15-4-2-1-3-5-15)11-13-22-28(26,27)17-7-8-18-16(14-17)6-9-20(25)23-18/h1-5,7-8,14,22H,6,9-13H2,(H,21,24)(H,23,25). The fourth-order valence-corrected chi connectivity index (χ4v) is 4.07. The number of amides is 2. The van der Waals surface area contributed by atoms with Gasteiger partial charge >= 0.3 is 0 Å². The van der Waals surface area contributed by atoms with Crippen LogP contribution in [0, 0.1) is 0 Å². The summed E-state index contributed by atoms with van der Waals surface area (Å²) in [6, 6.07) is 14.4. The van der Waals surface area contributed by atoms with E-state index >= 15 is 0 Å². The Labute approximate surface area is 164 Å². The van der Waals surface area contributed by atoms with Crippen LogP contribution in [0.25, 0.3) is 0 Å². The lowest BCUT2D eigenvalue weighted by Crippen LogP contribution is -2.31. The van der Waals surface area contributed by atoms with E-state index in [4.69, 9.17) is 0 Å². The summed E-state index contributed by atoms with van der Waals surface area (Å²) >= 11 is 0. The Kier molecular flexibility index (Phi) is 6.43. The van der Waals surface area contributed by atoms with Gasteiger partial charge in [-0.15, -0.1) is 0 Å². The highest BCUT2D eigenvalue weighted by Gasteiger charge is 2.19. The Balaban J connectivity index is 1.46. The van der Waals surface area contributed by atoms with E-state index in [0.717, 1.165) is 17.5 Å². The molecule has 1 aliphatic rings. The average Bonchev–Trinajstić information content (AvgIpc) is 2.68. The third kappa shape index (κ3) is 5.40. The predicted octanol–water partition coefficient (Wildman–Crippen LogP) is 1.60. The van der Waals surface area contributed by atoms with E-state index in [1.807, 2.05) is 30.3 Å². The van der Waals surface area contributed by atoms with Crippen molar-refractivity contribution < 1.29 is 18.0 Å². The zero-order valence-corrected chi connectivity index (χ0v) is 16.2. The summed E-state index contributed by atoms with van der Waals surface area (Å²) < 4.78 is 27.3. The molecular formula is C20H23N3O4S. The lowest BCUT2D eigenvalue weighted by atomic mass is 10.0. The van der Waals surface area contributed by atoms with Crippen molar-refractivity contribution in [3.8, 4) is 0 Å². The molecule has 0 saturated heterocycles. The largest absolute Gasteiger partial charge is 0.356 e. The normalized spacial score (nSPS) is 13.5. The first-order valence-electron chi connectivity index (χ1n) is 9.17. The van der Waals surface area contributed by atoms with Crippen molar-refractivity contribution in [2.24, 2.45) is 0 Å². The van der Waals surface area contributed by atoms with Crippen molar-refractivity contribution in [2.75, 3.05) is 18.4 Å². The molecule has 2 aromatic rings. The van der Waals surface area contributed by atoms with Crippen LogP contribution in [0.5, 0.6) is 0 Å². The second-order valence-corrected chi connectivity index (χ2v) is 8.37. The Morgan fingerprint density at radius 2 is 1.82 bits per heavy atom. The Hall–Kier alpha value is -2.71. The lowest BCUT2D eigenvalue weighted by Gasteiger charge is -2.17. The van der Waals surface area contributed by atoms with E-state index < -0.39 is 10.0 Å². The number of aryl methyl sites for hydroxylation is 1. The zero-order valence-electron chi connectivity index (χ0n) is 15.4. The molecule has 148 valence electrons. The van der Waals surface area contributed by atoms with Crippen LogP contribution in [0.15, 0.2) is 53.4 Å². The second kappa shape index (κ2) is 8.99. The number of rotatable bonds is 8. The van der Waals surface area contributed by atoms with Crippen LogP contribution in [0.3, 0.4) is 0 Å². The van der Waals surface area contributed by atoms with Gasteiger partial charge in [0.15, 0.2) is 0 Å². The van der Waals surface area contributed by atoms with E-state index in [-0.39, 0.29) is 29.7 Å². The minimum atomic E-state index is -3.71. The minimum absolute atomic E-state index is 0.0212. The minimum Gasteiger partial charge on any atom is -0.356 e. The van der Waals surface area contributed by atoms with E-state index in [1.54, 1.807) is 12.1 Å². The maximum absolute atomic E-state index is 12.4. The van der Waals surface area contributed by atoms with Crippen molar-refractivity contribution in [1.29, 1.82) is 0 Å². The van der Waals surface area contributed by atoms with E-state index in [1.165, 1.54) is 6.07 Å². The van der Waals surface area contributed by atoms with E-state index in [0.29, 0.717) is 25.1 Å². The molecule has 0 atom stereocenters. The number of carbonyl (C=O) groups excluding carboxylic acids is 2. The summed E-state index contributed by atoms with van der Waals surface area (Å²) in [6.07, 6.45) is 1.64. The number of benzene rings is 2. The molecule has 2 aromatic carbocycles. The molecule has 0 saturated carbocycles. The van der Waals surface area contributed by atoms with Crippen molar-refractivity contribution >= 4 is 27.5 Å². The number of anilines is 1. The SMILES string of the molecule is O=C(CCNS(=O)(=O)c1ccc2c(c1)CCC(=O)N2)NCCc1ccccc1. The fourth-order valence-electron chi connectivity index (χ4n) is 2.99. The van der Waals surface area contributed by atoms with Crippen molar-refractivity contribution in [3.05, 3.63) is 59.7 Å². The van der Waals surface area contributed by atoms with Crippen LogP contribution in [0.4, 0.5) is 5.69 Å². The smallest absolute Gasteiger partial charge is 0.240 e. The van der Waals surface area contributed by atoms with Gasteiger partial charge in [-0.2, -0.15) is 0 Å². The summed E-state index contributed by atoms with van der Waals surface area (Å²) in [4.78, 5) is 23.4. The van der Waals surface area contributed by atoms with Gasteiger partial charge in [0.2, 0.25) is 21.8 Å². The number of carbonyl (C=O) groups is 2. The summed E-state index contributed by atoms with van der Waals surface area (Å²) in [5.41, 5.74) is 2.57. The molecule has 0 unspecified atom stereocenters. The first kappa shape index (κ1) is 20.0. The topological polar surface area (TPSA) is 104 Å². The quantitative estimate of drug-likeness (QED) is 0.625. The first-order chi connectivity index (χ1) is 13.4. The third-order valence-corrected chi connectivity index (χ3v) is 5.96. The maximum Gasteiger partial charge on any atom is 0.240 e. The molecule has 0 bridgehead atoms. The summed E-state index contributed by atoms with van der Waals surface area (Å²) in [6.45, 7) is 0.527. The van der Waals surface area contributed by atoms with Crippen molar-refractivity contribution in [3.63, 3.8) is 0 Å². The van der Waals surface area contributed by atoms with Gasteiger partial charge in [-0.3, -0.25) is 9.59 Å². The van der Waals surface area contributed by atoms with Crippen LogP contribution >= 0.6 is 0 Å². The maximum atomic E-state index is 12.4. The first-order valence-corrected chi connectivity index (χ1v) is 10.7. The molecule has 0 radical (unpaired) electrons. The molecule has 2 amide bonds. The van der Waals surface area contributed by atoms with Gasteiger partial charge in [0.05, 0.1) is 4.90 Å². The van der Waals surface area contributed by atoms with Crippen LogP contribution in [-0.2, 0) is 32.5 Å². The molecule has 0 fully saturated rings. The van der Waals surface area contributed by atoms with Crippen LogP contribution in [0.1, 0.15) is 24.0 Å². The Morgan fingerprint density at radius 1 is 1.04 bits per heavy atom. The van der Waals surface area contributed by atoms with Gasteiger partial charge < -0.3 is 10.6 Å². The predicted molar refractivity (Wildman–Crippen MR) is 106 cm³/mol. The summed E-state index contributed by atoms with van der Waals surface area (Å²) in [5.74, 6) is -0.272. The van der Waals surface area contributed by atoms with Crippen LogP contribution in [0.2, 0.25) is 0 Å². The van der Waals surface area contributed by atoms with Gasteiger partial charge in [-0.05, 0) is 42.2 Å². The van der Waals surface area contributed by atoms with Gasteiger partial charge in [-0.25, -0.2) is 13.1 Å². The second-order valence-electron chi connectivity index (χ2n) is 6.60. The Bertz CT molecular complexity index is 959. The molecule has 0 aromatic heterocycles. The molecule has 0 aliphatic carbocycles. The summed E-state index contributed by atoms with van der Waals surface area (Å²) in [7, 11) is -3.71.